The van der Waals surface area contributed by atoms with Gasteiger partial charge in [-0.25, -0.2) is 8.42 Å². The van der Waals surface area contributed by atoms with Crippen LogP contribution in [0.1, 0.15) is 16.6 Å². The first kappa shape index (κ1) is 19.4. The zero-order chi connectivity index (χ0) is 19.6. The lowest BCUT2D eigenvalue weighted by molar-refractivity contribution is 0.103. The Labute approximate surface area is 166 Å². The van der Waals surface area contributed by atoms with Crippen molar-refractivity contribution >= 4 is 44.4 Å². The van der Waals surface area contributed by atoms with Crippen molar-refractivity contribution in [1.29, 1.82) is 0 Å². The van der Waals surface area contributed by atoms with Crippen molar-refractivity contribution in [2.45, 2.75) is 11.8 Å². The molecule has 2 N–H and O–H groups in total. The lowest BCUT2D eigenvalue weighted by Crippen LogP contribution is -2.11. The van der Waals surface area contributed by atoms with E-state index in [4.69, 9.17) is 11.6 Å². The van der Waals surface area contributed by atoms with E-state index < -0.39 is 15.7 Å². The minimum absolute atomic E-state index is 0.0473. The molecular formula is C19H16ClNO4S2. The first-order valence-corrected chi connectivity index (χ1v) is 10.9. The number of phenols is 1. The Morgan fingerprint density at radius 3 is 2.48 bits per heavy atom. The number of thiophene rings is 1. The quantitative estimate of drug-likeness (QED) is 0.578. The van der Waals surface area contributed by atoms with E-state index in [1.54, 1.807) is 18.2 Å². The molecule has 0 atom stereocenters. The lowest BCUT2D eigenvalue weighted by Gasteiger charge is -2.09. The van der Waals surface area contributed by atoms with E-state index in [1.165, 1.54) is 36.5 Å². The molecule has 0 spiro atoms. The normalized spacial score (nSPS) is 11.3. The van der Waals surface area contributed by atoms with Gasteiger partial charge in [0, 0.05) is 9.90 Å². The summed E-state index contributed by atoms with van der Waals surface area (Å²) in [6.07, 6.45) is 0. The molecule has 0 aliphatic heterocycles. The summed E-state index contributed by atoms with van der Waals surface area (Å²) in [4.78, 5) is 13.9. The van der Waals surface area contributed by atoms with E-state index in [0.29, 0.717) is 9.90 Å². The molecular weight excluding hydrogens is 406 g/mol. The van der Waals surface area contributed by atoms with Crippen LogP contribution in [0.2, 0.25) is 5.02 Å². The SMILES string of the molecule is CCS(=O)(=O)c1ccc(O)c(NC(=O)c2ccc(-c3ccc(Cl)cc3)s2)c1. The molecule has 0 bridgehead atoms. The Bertz CT molecular complexity index is 1090. The van der Waals surface area contributed by atoms with Crippen LogP contribution in [0, 0.1) is 0 Å². The number of rotatable bonds is 5. The maximum atomic E-state index is 12.5. The Kier molecular flexibility index (Phi) is 5.55. The standard InChI is InChI=1S/C19H16ClNO4S2/c1-2-27(24,25)14-7-8-16(22)15(11-14)21-19(23)18-10-9-17(26-18)12-3-5-13(20)6-4-12/h3-11,22H,2H2,1H3,(H,21,23). The van der Waals surface area contributed by atoms with Gasteiger partial charge in [0.1, 0.15) is 5.75 Å². The number of carbonyl (C=O) groups is 1. The second kappa shape index (κ2) is 7.72. The van der Waals surface area contributed by atoms with Crippen molar-refractivity contribution in [2.24, 2.45) is 0 Å². The molecule has 8 heteroatoms. The topological polar surface area (TPSA) is 83.5 Å². The van der Waals surface area contributed by atoms with Crippen LogP contribution in [0.5, 0.6) is 5.75 Å². The van der Waals surface area contributed by atoms with E-state index in [2.05, 4.69) is 5.32 Å². The summed E-state index contributed by atoms with van der Waals surface area (Å²) in [7, 11) is -3.44. The van der Waals surface area contributed by atoms with Crippen LogP contribution in [0.15, 0.2) is 59.5 Å². The fraction of sp³-hybridized carbons (Fsp3) is 0.105. The number of hydrogen-bond acceptors (Lipinski definition) is 5. The van der Waals surface area contributed by atoms with E-state index in [1.807, 2.05) is 18.2 Å². The van der Waals surface area contributed by atoms with Gasteiger partial charge in [-0.05, 0) is 48.0 Å². The smallest absolute Gasteiger partial charge is 0.265 e. The van der Waals surface area contributed by atoms with Crippen molar-refractivity contribution in [1.82, 2.24) is 0 Å². The van der Waals surface area contributed by atoms with Gasteiger partial charge in [0.05, 0.1) is 21.2 Å². The number of phenolic OH excluding ortho intramolecular Hbond substituents is 1. The molecule has 0 saturated heterocycles. The maximum Gasteiger partial charge on any atom is 0.265 e. The van der Waals surface area contributed by atoms with Crippen molar-refractivity contribution in [3.8, 4) is 16.2 Å². The number of hydrogen-bond donors (Lipinski definition) is 2. The second-order valence-corrected chi connectivity index (χ2v) is 9.51. The molecule has 1 aromatic heterocycles. The molecule has 0 radical (unpaired) electrons. The molecule has 0 unspecified atom stereocenters. The van der Waals surface area contributed by atoms with Crippen LogP contribution >= 0.6 is 22.9 Å². The molecule has 0 aliphatic rings. The van der Waals surface area contributed by atoms with Crippen molar-refractivity contribution in [2.75, 3.05) is 11.1 Å². The minimum Gasteiger partial charge on any atom is -0.506 e. The minimum atomic E-state index is -3.44. The number of aromatic hydroxyl groups is 1. The molecule has 5 nitrogen and oxygen atoms in total. The average molecular weight is 422 g/mol. The molecule has 1 amide bonds. The van der Waals surface area contributed by atoms with E-state index in [0.717, 1.165) is 10.4 Å². The molecule has 0 aliphatic carbocycles. The van der Waals surface area contributed by atoms with Crippen LogP contribution in [0.3, 0.4) is 0 Å². The molecule has 0 fully saturated rings. The Balaban J connectivity index is 1.84. The second-order valence-electron chi connectivity index (χ2n) is 5.71. The number of anilines is 1. The van der Waals surface area contributed by atoms with Crippen molar-refractivity contribution in [3.63, 3.8) is 0 Å². The van der Waals surface area contributed by atoms with Gasteiger partial charge in [-0.3, -0.25) is 4.79 Å². The highest BCUT2D eigenvalue weighted by Crippen LogP contribution is 2.31. The van der Waals surface area contributed by atoms with Gasteiger partial charge in [0.2, 0.25) is 0 Å². The molecule has 0 saturated carbocycles. The molecule has 3 aromatic rings. The molecule has 1 heterocycles. The van der Waals surface area contributed by atoms with Gasteiger partial charge < -0.3 is 10.4 Å². The summed E-state index contributed by atoms with van der Waals surface area (Å²) in [5, 5.41) is 13.2. The Hall–Kier alpha value is -2.35. The number of halogens is 1. The number of nitrogens with one attached hydrogen (secondary N) is 1. The van der Waals surface area contributed by atoms with Gasteiger partial charge in [-0.15, -0.1) is 11.3 Å². The number of amides is 1. The summed E-state index contributed by atoms with van der Waals surface area (Å²) in [5.41, 5.74) is 0.985. The van der Waals surface area contributed by atoms with E-state index in [9.17, 15) is 18.3 Å². The van der Waals surface area contributed by atoms with Gasteiger partial charge in [-0.2, -0.15) is 0 Å². The third-order valence-electron chi connectivity index (χ3n) is 3.91. The van der Waals surface area contributed by atoms with Crippen LogP contribution in [0.25, 0.3) is 10.4 Å². The maximum absolute atomic E-state index is 12.5. The van der Waals surface area contributed by atoms with E-state index >= 15 is 0 Å². The van der Waals surface area contributed by atoms with Gasteiger partial charge in [0.25, 0.3) is 5.91 Å². The Morgan fingerprint density at radius 2 is 1.81 bits per heavy atom. The first-order chi connectivity index (χ1) is 12.8. The van der Waals surface area contributed by atoms with Gasteiger partial charge >= 0.3 is 0 Å². The summed E-state index contributed by atoms with van der Waals surface area (Å²) in [5.74, 6) is -0.699. The third kappa shape index (κ3) is 4.32. The predicted molar refractivity (Wildman–Crippen MR) is 109 cm³/mol. The average Bonchev–Trinajstić information content (AvgIpc) is 3.14. The fourth-order valence-electron chi connectivity index (χ4n) is 2.39. The van der Waals surface area contributed by atoms with E-state index in [-0.39, 0.29) is 22.1 Å². The monoisotopic (exact) mass is 421 g/mol. The summed E-state index contributed by atoms with van der Waals surface area (Å²) in [6.45, 7) is 1.53. The molecule has 27 heavy (non-hydrogen) atoms. The lowest BCUT2D eigenvalue weighted by atomic mass is 10.2. The van der Waals surface area contributed by atoms with Crippen LogP contribution in [-0.2, 0) is 9.84 Å². The van der Waals surface area contributed by atoms with Crippen LogP contribution in [-0.4, -0.2) is 25.2 Å². The third-order valence-corrected chi connectivity index (χ3v) is 7.03. The summed E-state index contributed by atoms with van der Waals surface area (Å²) >= 11 is 7.17. The molecule has 2 aromatic carbocycles. The summed E-state index contributed by atoms with van der Waals surface area (Å²) < 4.78 is 24.0. The van der Waals surface area contributed by atoms with Crippen molar-refractivity contribution < 1.29 is 18.3 Å². The highest BCUT2D eigenvalue weighted by molar-refractivity contribution is 7.91. The number of benzene rings is 2. The number of carbonyl (C=O) groups excluding carboxylic acids is 1. The zero-order valence-electron chi connectivity index (χ0n) is 14.3. The Morgan fingerprint density at radius 1 is 1.11 bits per heavy atom. The summed E-state index contributed by atoms with van der Waals surface area (Å²) in [6, 6.07) is 14.6. The van der Waals surface area contributed by atoms with Crippen molar-refractivity contribution in [3.05, 3.63) is 64.5 Å². The predicted octanol–water partition coefficient (Wildman–Crippen LogP) is 4.82. The van der Waals surface area contributed by atoms with Crippen LogP contribution in [0.4, 0.5) is 5.69 Å². The molecule has 3 rings (SSSR count). The van der Waals surface area contributed by atoms with Gasteiger partial charge in [0.15, 0.2) is 9.84 Å². The molecule has 140 valence electrons. The zero-order valence-corrected chi connectivity index (χ0v) is 16.7. The highest BCUT2D eigenvalue weighted by Gasteiger charge is 2.17. The highest BCUT2D eigenvalue weighted by atomic mass is 35.5. The fourth-order valence-corrected chi connectivity index (χ4v) is 4.33. The largest absolute Gasteiger partial charge is 0.506 e. The van der Waals surface area contributed by atoms with Gasteiger partial charge in [-0.1, -0.05) is 30.7 Å². The number of sulfone groups is 1. The van der Waals surface area contributed by atoms with Crippen LogP contribution < -0.4 is 5.32 Å². The first-order valence-electron chi connectivity index (χ1n) is 8.03.